The molecule has 0 fully saturated rings. The topological polar surface area (TPSA) is 108 Å². The van der Waals surface area contributed by atoms with E-state index in [2.05, 4.69) is 32.6 Å². The van der Waals surface area contributed by atoms with Gasteiger partial charge in [-0.05, 0) is 24.1 Å². The first kappa shape index (κ1) is 23.0. The number of hydrogen-bond acceptors (Lipinski definition) is 6. The van der Waals surface area contributed by atoms with Crippen molar-refractivity contribution in [3.8, 4) is 6.07 Å². The minimum atomic E-state index is -1.19. The van der Waals surface area contributed by atoms with E-state index in [-0.39, 0.29) is 22.3 Å². The van der Waals surface area contributed by atoms with Gasteiger partial charge >= 0.3 is 5.97 Å². The Morgan fingerprint density at radius 2 is 2.17 bits per heavy atom. The van der Waals surface area contributed by atoms with Gasteiger partial charge in [-0.25, -0.2) is 0 Å². The van der Waals surface area contributed by atoms with Gasteiger partial charge in [0.05, 0.1) is 29.5 Å². The molecule has 1 heterocycles. The maximum absolute atomic E-state index is 12.7. The molecule has 1 aliphatic rings. The Hall–Kier alpha value is -2.31. The second kappa shape index (κ2) is 11.0. The molecule has 2 atom stereocenters. The summed E-state index contributed by atoms with van der Waals surface area (Å²) in [6, 6.07) is 9.21. The fourth-order valence-corrected chi connectivity index (χ4v) is 4.27. The van der Waals surface area contributed by atoms with Crippen LogP contribution >= 0.6 is 27.7 Å². The Morgan fingerprint density at radius 1 is 1.41 bits per heavy atom. The van der Waals surface area contributed by atoms with Crippen LogP contribution in [0.5, 0.6) is 0 Å². The van der Waals surface area contributed by atoms with Crippen LogP contribution in [0.25, 0.3) is 0 Å². The van der Waals surface area contributed by atoms with E-state index >= 15 is 0 Å². The van der Waals surface area contributed by atoms with Crippen molar-refractivity contribution < 1.29 is 19.1 Å². The van der Waals surface area contributed by atoms with Crippen molar-refractivity contribution in [2.24, 2.45) is 5.92 Å². The summed E-state index contributed by atoms with van der Waals surface area (Å²) in [5.41, 5.74) is 0.858. The molecule has 0 saturated heterocycles. The summed E-state index contributed by atoms with van der Waals surface area (Å²) in [5.74, 6) is -3.40. The smallest absolute Gasteiger partial charge is 0.319 e. The van der Waals surface area contributed by atoms with E-state index in [1.807, 2.05) is 13.0 Å². The normalized spacial score (nSPS) is 18.6. The second-order valence-electron chi connectivity index (χ2n) is 6.37. The van der Waals surface area contributed by atoms with Crippen LogP contribution in [0, 0.1) is 17.2 Å². The highest BCUT2D eigenvalue weighted by Crippen LogP contribution is 2.40. The molecule has 0 bridgehead atoms. The standard InChI is InChI=1S/C20H22BrN3O4S/c1-3-4-8-23-15(25)11-29-19-14(10-22)16(12-6-5-7-13(21)9-12)17(18(26)24-19)20(27)28-2/h5-7,9,16-17H,3-4,8,11H2,1-2H3,(H,23,25)(H,24,26)/t16-,17-/m0/s1. The van der Waals surface area contributed by atoms with Gasteiger partial charge in [-0.3, -0.25) is 14.4 Å². The number of esters is 1. The molecule has 0 spiro atoms. The van der Waals surface area contributed by atoms with Crippen molar-refractivity contribution in [3.05, 3.63) is 44.9 Å². The molecular formula is C20H22BrN3O4S. The number of nitriles is 1. The molecular weight excluding hydrogens is 458 g/mol. The number of thioether (sulfide) groups is 1. The zero-order chi connectivity index (χ0) is 21.4. The van der Waals surface area contributed by atoms with Gasteiger partial charge in [0.25, 0.3) is 0 Å². The largest absolute Gasteiger partial charge is 0.468 e. The van der Waals surface area contributed by atoms with Gasteiger partial charge in [0.1, 0.15) is 5.92 Å². The Labute approximate surface area is 182 Å². The Kier molecular flexibility index (Phi) is 8.73. The maximum Gasteiger partial charge on any atom is 0.319 e. The molecule has 0 aromatic heterocycles. The fourth-order valence-electron chi connectivity index (χ4n) is 2.97. The van der Waals surface area contributed by atoms with Crippen LogP contribution in [0.3, 0.4) is 0 Å². The van der Waals surface area contributed by atoms with Gasteiger partial charge in [0.15, 0.2) is 0 Å². The molecule has 1 aromatic rings. The number of rotatable bonds is 8. The molecule has 2 rings (SSSR count). The van der Waals surface area contributed by atoms with Gasteiger partial charge in [-0.15, -0.1) is 0 Å². The number of allylic oxidation sites excluding steroid dienone is 1. The zero-order valence-electron chi connectivity index (χ0n) is 16.2. The van der Waals surface area contributed by atoms with Crippen molar-refractivity contribution in [2.75, 3.05) is 19.4 Å². The monoisotopic (exact) mass is 479 g/mol. The minimum absolute atomic E-state index is 0.0542. The molecule has 7 nitrogen and oxygen atoms in total. The van der Waals surface area contributed by atoms with Crippen LogP contribution in [0.15, 0.2) is 39.3 Å². The molecule has 0 unspecified atom stereocenters. The molecule has 1 aromatic carbocycles. The molecule has 154 valence electrons. The molecule has 1 aliphatic heterocycles. The number of carbonyl (C=O) groups excluding carboxylic acids is 3. The van der Waals surface area contributed by atoms with Crippen LogP contribution in [-0.4, -0.2) is 37.2 Å². The lowest BCUT2D eigenvalue weighted by Gasteiger charge is -2.31. The number of benzene rings is 1. The number of unbranched alkanes of at least 4 members (excludes halogenated alkanes) is 1. The number of methoxy groups -OCH3 is 1. The Morgan fingerprint density at radius 3 is 2.79 bits per heavy atom. The van der Waals surface area contributed by atoms with Crippen molar-refractivity contribution in [2.45, 2.75) is 25.7 Å². The van der Waals surface area contributed by atoms with E-state index in [9.17, 15) is 19.6 Å². The van der Waals surface area contributed by atoms with E-state index in [4.69, 9.17) is 4.74 Å². The molecule has 2 N–H and O–H groups in total. The first-order valence-corrected chi connectivity index (χ1v) is 10.9. The van der Waals surface area contributed by atoms with Gasteiger partial charge in [0.2, 0.25) is 11.8 Å². The van der Waals surface area contributed by atoms with Gasteiger partial charge in [0, 0.05) is 16.9 Å². The van der Waals surface area contributed by atoms with Crippen LogP contribution in [0.2, 0.25) is 0 Å². The Bertz CT molecular complexity index is 866. The first-order chi connectivity index (χ1) is 13.9. The van der Waals surface area contributed by atoms with Crippen molar-refractivity contribution in [1.82, 2.24) is 10.6 Å². The first-order valence-electron chi connectivity index (χ1n) is 9.10. The Balaban J connectivity index is 2.37. The summed E-state index contributed by atoms with van der Waals surface area (Å²) >= 11 is 4.45. The predicted octanol–water partition coefficient (Wildman–Crippen LogP) is 2.84. The SMILES string of the molecule is CCCCNC(=O)CSC1=C(C#N)[C@H](c2cccc(Br)c2)[C@H](C(=O)OC)C(=O)N1. The lowest BCUT2D eigenvalue weighted by molar-refractivity contribution is -0.150. The summed E-state index contributed by atoms with van der Waals surface area (Å²) in [7, 11) is 1.20. The van der Waals surface area contributed by atoms with Crippen LogP contribution in [-0.2, 0) is 19.1 Å². The third-order valence-corrected chi connectivity index (χ3v) is 5.90. The number of hydrogen-bond donors (Lipinski definition) is 2. The van der Waals surface area contributed by atoms with E-state index in [0.29, 0.717) is 12.1 Å². The minimum Gasteiger partial charge on any atom is -0.468 e. The number of halogens is 1. The van der Waals surface area contributed by atoms with Crippen molar-refractivity contribution >= 4 is 45.5 Å². The van der Waals surface area contributed by atoms with E-state index < -0.39 is 23.7 Å². The van der Waals surface area contributed by atoms with Crippen molar-refractivity contribution in [3.63, 3.8) is 0 Å². The summed E-state index contributed by atoms with van der Waals surface area (Å²) in [5, 5.41) is 15.5. The number of carbonyl (C=O) groups is 3. The average molecular weight is 480 g/mol. The third-order valence-electron chi connectivity index (χ3n) is 4.39. The van der Waals surface area contributed by atoms with Crippen LogP contribution < -0.4 is 10.6 Å². The summed E-state index contributed by atoms with van der Waals surface area (Å²) in [4.78, 5) is 37.1. The van der Waals surface area contributed by atoms with Gasteiger partial charge in [-0.2, -0.15) is 5.26 Å². The maximum atomic E-state index is 12.7. The van der Waals surface area contributed by atoms with E-state index in [1.54, 1.807) is 18.2 Å². The second-order valence-corrected chi connectivity index (χ2v) is 8.27. The molecule has 9 heteroatoms. The third kappa shape index (κ3) is 5.84. The molecule has 29 heavy (non-hydrogen) atoms. The number of nitrogens with zero attached hydrogens (tertiary/aromatic N) is 1. The lowest BCUT2D eigenvalue weighted by Crippen LogP contribution is -2.44. The van der Waals surface area contributed by atoms with Crippen molar-refractivity contribution in [1.29, 1.82) is 5.26 Å². The highest BCUT2D eigenvalue weighted by Gasteiger charge is 2.44. The number of nitrogens with one attached hydrogen (secondary N) is 2. The van der Waals surface area contributed by atoms with Gasteiger partial charge < -0.3 is 15.4 Å². The molecule has 2 amide bonds. The zero-order valence-corrected chi connectivity index (χ0v) is 18.6. The number of amides is 2. The number of ether oxygens (including phenoxy) is 1. The highest BCUT2D eigenvalue weighted by molar-refractivity contribution is 9.10. The average Bonchev–Trinajstić information content (AvgIpc) is 2.71. The highest BCUT2D eigenvalue weighted by atomic mass is 79.9. The predicted molar refractivity (Wildman–Crippen MR) is 114 cm³/mol. The molecule has 0 saturated carbocycles. The van der Waals surface area contributed by atoms with E-state index in [1.165, 1.54) is 7.11 Å². The van der Waals surface area contributed by atoms with Crippen LogP contribution in [0.4, 0.5) is 0 Å². The molecule has 0 radical (unpaired) electrons. The fraction of sp³-hybridized carbons (Fsp3) is 0.400. The van der Waals surface area contributed by atoms with Crippen LogP contribution in [0.1, 0.15) is 31.2 Å². The van der Waals surface area contributed by atoms with Gasteiger partial charge in [-0.1, -0.05) is 53.2 Å². The summed E-state index contributed by atoms with van der Waals surface area (Å²) in [6.45, 7) is 2.61. The lowest BCUT2D eigenvalue weighted by atomic mass is 9.78. The summed E-state index contributed by atoms with van der Waals surface area (Å²) in [6.07, 6.45) is 1.85. The quantitative estimate of drug-likeness (QED) is 0.337. The molecule has 0 aliphatic carbocycles. The summed E-state index contributed by atoms with van der Waals surface area (Å²) < 4.78 is 5.56. The van der Waals surface area contributed by atoms with E-state index in [0.717, 1.165) is 29.1 Å².